The van der Waals surface area contributed by atoms with Crippen LogP contribution in [0.1, 0.15) is 48.5 Å². The third kappa shape index (κ3) is 6.96. The molecule has 0 aliphatic heterocycles. The number of carbonyl (C=O) groups excluding carboxylic acids is 2. The zero-order chi connectivity index (χ0) is 24.6. The molecule has 1 aliphatic carbocycles. The fourth-order valence-electron chi connectivity index (χ4n) is 3.34. The average Bonchev–Trinajstić information content (AvgIpc) is 2.79. The Labute approximate surface area is 189 Å². The van der Waals surface area contributed by atoms with Crippen molar-refractivity contribution >= 4 is 11.8 Å². The monoisotopic (exact) mass is 466 g/mol. The molecular weight excluding hydrogens is 441 g/mol. The van der Waals surface area contributed by atoms with Crippen molar-refractivity contribution in [1.29, 1.82) is 0 Å². The van der Waals surface area contributed by atoms with Crippen LogP contribution in [0.25, 0.3) is 0 Å². The number of aliphatic hydroxyl groups is 2. The maximum Gasteiger partial charge on any atom is 0.419 e. The van der Waals surface area contributed by atoms with Gasteiger partial charge >= 0.3 is 6.18 Å². The molecular formula is C23H25F3N2O5. The lowest BCUT2D eigenvalue weighted by molar-refractivity contribution is -0.260. The summed E-state index contributed by atoms with van der Waals surface area (Å²) in [6, 6.07) is 3.01. The van der Waals surface area contributed by atoms with E-state index in [1.807, 2.05) is 0 Å². The smallest absolute Gasteiger partial charge is 0.396 e. The minimum atomic E-state index is -5.25. The molecule has 0 bridgehead atoms. The van der Waals surface area contributed by atoms with Crippen LogP contribution < -0.4 is 10.8 Å². The Hall–Kier alpha value is -3.05. The Morgan fingerprint density at radius 3 is 2.24 bits per heavy atom. The molecule has 2 atom stereocenters. The van der Waals surface area contributed by atoms with E-state index in [0.717, 1.165) is 31.2 Å². The molecule has 1 aromatic rings. The molecule has 178 valence electrons. The van der Waals surface area contributed by atoms with E-state index in [0.29, 0.717) is 18.4 Å². The molecule has 0 heterocycles. The minimum Gasteiger partial charge on any atom is -0.396 e. The first-order chi connectivity index (χ1) is 15.5. The maximum atomic E-state index is 13.1. The van der Waals surface area contributed by atoms with Crippen molar-refractivity contribution < 1.29 is 38.2 Å². The van der Waals surface area contributed by atoms with Crippen molar-refractivity contribution in [2.45, 2.75) is 50.4 Å². The second kappa shape index (κ2) is 11.2. The molecule has 0 radical (unpaired) electrons. The standard InChI is InChI=1S/C23H25F3N2O5/c1-22(32,23(24,25)26)19(21(31)28-33)27-20(30)18-12-10-16(11-13-18)5-3-2-4-15-6-8-17(14-29)9-7-15/h10-13,15,17,19,29,32-33H,6-9,14H2,1H3,(H,27,30)(H,28,31)/t15?,17?,19-,22+/m1/s1. The van der Waals surface area contributed by atoms with Crippen molar-refractivity contribution in [2.24, 2.45) is 11.8 Å². The van der Waals surface area contributed by atoms with E-state index in [9.17, 15) is 27.9 Å². The first-order valence-corrected chi connectivity index (χ1v) is 10.3. The summed E-state index contributed by atoms with van der Waals surface area (Å²) in [7, 11) is 0. The van der Waals surface area contributed by atoms with Crippen molar-refractivity contribution in [1.82, 2.24) is 10.8 Å². The van der Waals surface area contributed by atoms with Gasteiger partial charge in [0.05, 0.1) is 0 Å². The number of halogens is 3. The number of rotatable bonds is 5. The number of nitrogens with one attached hydrogen (secondary N) is 2. The summed E-state index contributed by atoms with van der Waals surface area (Å²) in [5.41, 5.74) is -2.19. The third-order valence-corrected chi connectivity index (χ3v) is 5.58. The van der Waals surface area contributed by atoms with Crippen molar-refractivity contribution in [3.05, 3.63) is 35.4 Å². The summed E-state index contributed by atoms with van der Waals surface area (Å²) in [6.07, 6.45) is -1.55. The first kappa shape index (κ1) is 26.2. The number of carbonyl (C=O) groups is 2. The van der Waals surface area contributed by atoms with Gasteiger partial charge in [-0.3, -0.25) is 14.8 Å². The van der Waals surface area contributed by atoms with Gasteiger partial charge in [-0.2, -0.15) is 13.2 Å². The number of hydrogen-bond donors (Lipinski definition) is 5. The molecule has 5 N–H and O–H groups in total. The molecule has 0 aromatic heterocycles. The van der Waals surface area contributed by atoms with Gasteiger partial charge in [-0.05, 0) is 74.6 Å². The van der Waals surface area contributed by atoms with Crippen LogP contribution in [0.3, 0.4) is 0 Å². The SMILES string of the molecule is C[C@](O)([C@H](NC(=O)c1ccc(C#CC#CC2CCC(CO)CC2)cc1)C(=O)NO)C(F)(F)F. The molecule has 1 aliphatic rings. The Morgan fingerprint density at radius 1 is 1.12 bits per heavy atom. The van der Waals surface area contributed by atoms with Gasteiger partial charge in [0.2, 0.25) is 0 Å². The van der Waals surface area contributed by atoms with Crippen LogP contribution in [0.15, 0.2) is 24.3 Å². The normalized spacial score (nSPS) is 20.7. The molecule has 0 unspecified atom stereocenters. The highest BCUT2D eigenvalue weighted by Crippen LogP contribution is 2.33. The average molecular weight is 466 g/mol. The number of alkyl halides is 3. The summed E-state index contributed by atoms with van der Waals surface area (Å²) in [5.74, 6) is 9.29. The van der Waals surface area contributed by atoms with E-state index in [1.165, 1.54) is 24.3 Å². The summed E-state index contributed by atoms with van der Waals surface area (Å²) >= 11 is 0. The van der Waals surface area contributed by atoms with E-state index < -0.39 is 29.6 Å². The van der Waals surface area contributed by atoms with Gasteiger partial charge in [-0.25, -0.2) is 5.48 Å². The fraction of sp³-hybridized carbons (Fsp3) is 0.478. The van der Waals surface area contributed by atoms with Crippen LogP contribution in [0, 0.1) is 35.5 Å². The van der Waals surface area contributed by atoms with E-state index in [2.05, 4.69) is 23.7 Å². The predicted molar refractivity (Wildman–Crippen MR) is 111 cm³/mol. The van der Waals surface area contributed by atoms with Gasteiger partial charge in [0.1, 0.15) is 6.04 Å². The molecule has 33 heavy (non-hydrogen) atoms. The van der Waals surface area contributed by atoms with Crippen LogP contribution in [0.2, 0.25) is 0 Å². The van der Waals surface area contributed by atoms with Gasteiger partial charge in [0, 0.05) is 23.7 Å². The topological polar surface area (TPSA) is 119 Å². The molecule has 1 fully saturated rings. The largest absolute Gasteiger partial charge is 0.419 e. The zero-order valence-corrected chi connectivity index (χ0v) is 17.9. The van der Waals surface area contributed by atoms with Crippen LogP contribution in [-0.2, 0) is 4.79 Å². The number of aliphatic hydroxyl groups excluding tert-OH is 1. The van der Waals surface area contributed by atoms with Crippen molar-refractivity contribution in [3.8, 4) is 23.7 Å². The summed E-state index contributed by atoms with van der Waals surface area (Å²) in [6.45, 7) is 0.510. The highest BCUT2D eigenvalue weighted by Gasteiger charge is 2.58. The maximum absolute atomic E-state index is 13.1. The summed E-state index contributed by atoms with van der Waals surface area (Å²) < 4.78 is 39.3. The lowest BCUT2D eigenvalue weighted by Crippen LogP contribution is -2.64. The molecule has 7 nitrogen and oxygen atoms in total. The molecule has 0 spiro atoms. The van der Waals surface area contributed by atoms with E-state index in [-0.39, 0.29) is 18.1 Å². The van der Waals surface area contributed by atoms with Crippen LogP contribution in [0.5, 0.6) is 0 Å². The highest BCUT2D eigenvalue weighted by atomic mass is 19.4. The second-order valence-corrected chi connectivity index (χ2v) is 8.02. The second-order valence-electron chi connectivity index (χ2n) is 8.02. The Balaban J connectivity index is 2.03. The van der Waals surface area contributed by atoms with E-state index in [1.54, 1.807) is 5.32 Å². The predicted octanol–water partition coefficient (Wildman–Crippen LogP) is 1.76. The molecule has 10 heteroatoms. The third-order valence-electron chi connectivity index (χ3n) is 5.58. The minimum absolute atomic E-state index is 0.0824. The van der Waals surface area contributed by atoms with Gasteiger partial charge in [0.25, 0.3) is 11.8 Å². The zero-order valence-electron chi connectivity index (χ0n) is 17.9. The fourth-order valence-corrected chi connectivity index (χ4v) is 3.34. The van der Waals surface area contributed by atoms with Crippen LogP contribution in [-0.4, -0.2) is 51.7 Å². The Bertz CT molecular complexity index is 960. The number of amides is 2. The van der Waals surface area contributed by atoms with E-state index in [4.69, 9.17) is 10.3 Å². The molecule has 1 saturated carbocycles. The van der Waals surface area contributed by atoms with Gasteiger partial charge < -0.3 is 15.5 Å². The summed E-state index contributed by atoms with van der Waals surface area (Å²) in [4.78, 5) is 24.0. The van der Waals surface area contributed by atoms with Gasteiger partial charge in [-0.15, -0.1) is 0 Å². The molecule has 1 aromatic carbocycles. The van der Waals surface area contributed by atoms with Gasteiger partial charge in [0.15, 0.2) is 5.60 Å². The molecule has 2 rings (SSSR count). The van der Waals surface area contributed by atoms with Gasteiger partial charge in [-0.1, -0.05) is 11.8 Å². The Morgan fingerprint density at radius 2 is 1.73 bits per heavy atom. The summed E-state index contributed by atoms with van der Waals surface area (Å²) in [5, 5.41) is 29.4. The van der Waals surface area contributed by atoms with E-state index >= 15 is 0 Å². The number of hydroxylamine groups is 1. The molecule has 0 saturated heterocycles. The lowest BCUT2D eigenvalue weighted by Gasteiger charge is -2.33. The number of hydrogen-bond acceptors (Lipinski definition) is 5. The highest BCUT2D eigenvalue weighted by molar-refractivity contribution is 5.97. The Kier molecular flexibility index (Phi) is 8.89. The van der Waals surface area contributed by atoms with Crippen molar-refractivity contribution in [3.63, 3.8) is 0 Å². The number of benzene rings is 1. The van der Waals surface area contributed by atoms with Crippen molar-refractivity contribution in [2.75, 3.05) is 6.61 Å². The lowest BCUT2D eigenvalue weighted by atomic mass is 9.83. The quantitative estimate of drug-likeness (QED) is 0.257. The first-order valence-electron chi connectivity index (χ1n) is 10.3. The molecule has 2 amide bonds. The van der Waals surface area contributed by atoms with Crippen LogP contribution in [0.4, 0.5) is 13.2 Å². The van der Waals surface area contributed by atoms with Crippen LogP contribution >= 0.6 is 0 Å².